The molecule has 44 heavy (non-hydrogen) atoms. The third-order valence-electron chi connectivity index (χ3n) is 8.14. The molecule has 1 fully saturated rings. The van der Waals surface area contributed by atoms with Gasteiger partial charge in [0.15, 0.2) is 23.7 Å². The molecule has 1 unspecified atom stereocenters. The lowest BCUT2D eigenvalue weighted by molar-refractivity contribution is -0.138. The molecule has 0 aliphatic carbocycles. The average molecular weight is 658 g/mol. The van der Waals surface area contributed by atoms with Crippen molar-refractivity contribution >= 4 is 75.5 Å². The molecule has 5 rings (SSSR count). The molecule has 0 radical (unpaired) electrons. The van der Waals surface area contributed by atoms with E-state index in [1.807, 2.05) is 50.2 Å². The minimum atomic E-state index is -0.357. The number of rotatable bonds is 12. The highest BCUT2D eigenvalue weighted by Gasteiger charge is 2.31. The molecule has 0 saturated carbocycles. The number of thiocarbonyl (C=S) groups is 1. The number of nitrogens with zero attached hydrogens (tertiary/aromatic N) is 3. The molecule has 10 nitrogen and oxygen atoms in total. The van der Waals surface area contributed by atoms with Crippen molar-refractivity contribution in [3.8, 4) is 11.5 Å². The van der Waals surface area contributed by atoms with Crippen molar-refractivity contribution < 1.29 is 23.2 Å². The topological polar surface area (TPSA) is 115 Å². The Kier molecular flexibility index (Phi) is 10.3. The fourth-order valence-corrected chi connectivity index (χ4v) is 6.20. The van der Waals surface area contributed by atoms with Gasteiger partial charge in [0.05, 0.1) is 11.4 Å². The van der Waals surface area contributed by atoms with E-state index in [1.54, 1.807) is 0 Å². The smallest absolute Gasteiger partial charge is 0.322 e. The van der Waals surface area contributed by atoms with Crippen molar-refractivity contribution in [1.29, 1.82) is 0 Å². The van der Waals surface area contributed by atoms with Gasteiger partial charge in [-0.15, -0.1) is 0 Å². The standard InChI is InChI=1S/C31H36ClN5O5S2/c1-4-11-31(3,19(2)43)16-27(38)36-44-42-29(39)21-9-12-37(13-10-21)30-34-24-7-6-22(32)15-23(24)28(35-30)33-17-20-5-8-25-26(14-20)41-18-40-25/h5-8,14-15,21H,4,9-13,16-18H2,1-3H3,(H,36,38)(H,33,34,35). The summed E-state index contributed by atoms with van der Waals surface area (Å²) in [6.07, 6.45) is 3.16. The first-order chi connectivity index (χ1) is 21.1. The molecular weight excluding hydrogens is 622 g/mol. The number of amides is 1. The maximum atomic E-state index is 12.8. The van der Waals surface area contributed by atoms with Gasteiger partial charge in [0, 0.05) is 41.9 Å². The number of hydrogen-bond donors (Lipinski definition) is 2. The molecule has 0 spiro atoms. The van der Waals surface area contributed by atoms with Crippen LogP contribution in [-0.2, 0) is 20.3 Å². The predicted octanol–water partition coefficient (Wildman–Crippen LogP) is 6.65. The fourth-order valence-electron chi connectivity index (χ4n) is 5.42. The predicted molar refractivity (Wildman–Crippen MR) is 177 cm³/mol. The summed E-state index contributed by atoms with van der Waals surface area (Å²) in [5.74, 6) is 1.85. The number of aromatic nitrogens is 2. The summed E-state index contributed by atoms with van der Waals surface area (Å²) in [5.41, 5.74) is 1.42. The van der Waals surface area contributed by atoms with Crippen LogP contribution in [0.2, 0.25) is 5.02 Å². The van der Waals surface area contributed by atoms with Gasteiger partial charge in [0.25, 0.3) is 0 Å². The molecule has 1 atom stereocenters. The highest BCUT2D eigenvalue weighted by molar-refractivity contribution is 7.93. The molecule has 2 aliphatic heterocycles. The van der Waals surface area contributed by atoms with Crippen LogP contribution in [0.25, 0.3) is 10.9 Å². The number of piperidine rings is 1. The largest absolute Gasteiger partial charge is 0.454 e. The van der Waals surface area contributed by atoms with Gasteiger partial charge >= 0.3 is 5.97 Å². The lowest BCUT2D eigenvalue weighted by atomic mass is 9.79. The van der Waals surface area contributed by atoms with Gasteiger partial charge in [0.2, 0.25) is 18.6 Å². The van der Waals surface area contributed by atoms with Crippen molar-refractivity contribution in [2.45, 2.75) is 59.4 Å². The van der Waals surface area contributed by atoms with Crippen molar-refractivity contribution in [1.82, 2.24) is 14.7 Å². The zero-order chi connectivity index (χ0) is 31.3. The Bertz CT molecular complexity index is 1550. The summed E-state index contributed by atoms with van der Waals surface area (Å²) in [6.45, 7) is 7.84. The van der Waals surface area contributed by atoms with Crippen LogP contribution in [-0.4, -0.2) is 46.6 Å². The average Bonchev–Trinajstić information content (AvgIpc) is 3.48. The number of benzene rings is 2. The normalized spacial score (nSPS) is 16.0. The van der Waals surface area contributed by atoms with E-state index in [1.165, 1.54) is 0 Å². The quantitative estimate of drug-likeness (QED) is 0.124. The Balaban J connectivity index is 1.17. The van der Waals surface area contributed by atoms with Gasteiger partial charge in [0.1, 0.15) is 5.82 Å². The van der Waals surface area contributed by atoms with Gasteiger partial charge in [-0.1, -0.05) is 50.2 Å². The second-order valence-corrected chi connectivity index (χ2v) is 13.0. The summed E-state index contributed by atoms with van der Waals surface area (Å²) >= 11 is 12.4. The van der Waals surface area contributed by atoms with E-state index in [4.69, 9.17) is 47.4 Å². The van der Waals surface area contributed by atoms with Gasteiger partial charge in [-0.25, -0.2) is 4.98 Å². The number of anilines is 2. The maximum Gasteiger partial charge on any atom is 0.322 e. The molecular formula is C31H36ClN5O5S2. The molecule has 2 N–H and O–H groups in total. The summed E-state index contributed by atoms with van der Waals surface area (Å²) in [6, 6.07) is 11.4. The molecule has 13 heteroatoms. The Morgan fingerprint density at radius 1 is 1.16 bits per heavy atom. The molecule has 1 amide bonds. The van der Waals surface area contributed by atoms with E-state index in [9.17, 15) is 9.59 Å². The first-order valence-corrected chi connectivity index (χ1v) is 16.2. The van der Waals surface area contributed by atoms with Crippen LogP contribution in [0.4, 0.5) is 11.8 Å². The fraction of sp³-hybridized carbons (Fsp3) is 0.452. The molecule has 3 heterocycles. The summed E-state index contributed by atoms with van der Waals surface area (Å²) in [7, 11) is 0. The van der Waals surface area contributed by atoms with Gasteiger partial charge in [-0.2, -0.15) is 4.98 Å². The summed E-state index contributed by atoms with van der Waals surface area (Å²) in [4.78, 5) is 37.8. The van der Waals surface area contributed by atoms with Crippen molar-refractivity contribution in [2.24, 2.45) is 11.3 Å². The van der Waals surface area contributed by atoms with E-state index in [-0.39, 0.29) is 36.4 Å². The third-order valence-corrected chi connectivity index (χ3v) is 9.42. The number of ether oxygens (including phenoxy) is 2. The zero-order valence-electron chi connectivity index (χ0n) is 25.0. The number of halogens is 1. The lowest BCUT2D eigenvalue weighted by Gasteiger charge is -2.31. The lowest BCUT2D eigenvalue weighted by Crippen LogP contribution is -2.38. The van der Waals surface area contributed by atoms with Gasteiger partial charge < -0.3 is 23.9 Å². The molecule has 1 saturated heterocycles. The highest BCUT2D eigenvalue weighted by atomic mass is 35.5. The van der Waals surface area contributed by atoms with E-state index in [0.717, 1.165) is 45.7 Å². The Morgan fingerprint density at radius 2 is 1.93 bits per heavy atom. The minimum Gasteiger partial charge on any atom is -0.454 e. The molecule has 2 aromatic carbocycles. The van der Waals surface area contributed by atoms with E-state index in [0.29, 0.717) is 61.5 Å². The third kappa shape index (κ3) is 7.65. The molecule has 1 aromatic heterocycles. The SMILES string of the molecule is CCCC(C)(CC(=O)NSOC(=O)C1CCN(c2nc(NCc3ccc4c(c3)OCO4)c3cc(Cl)ccc3n2)CC1)C(C)=S. The van der Waals surface area contributed by atoms with Crippen LogP contribution < -0.4 is 24.4 Å². The number of fused-ring (bicyclic) bond motifs is 2. The van der Waals surface area contributed by atoms with Crippen LogP contribution in [0.5, 0.6) is 11.5 Å². The zero-order valence-corrected chi connectivity index (χ0v) is 27.4. The highest BCUT2D eigenvalue weighted by Crippen LogP contribution is 2.34. The second-order valence-electron chi connectivity index (χ2n) is 11.4. The van der Waals surface area contributed by atoms with Gasteiger partial charge in [-0.3, -0.25) is 14.3 Å². The molecule has 2 aliphatic rings. The van der Waals surface area contributed by atoms with Crippen molar-refractivity contribution in [3.63, 3.8) is 0 Å². The first-order valence-electron chi connectivity index (χ1n) is 14.7. The van der Waals surface area contributed by atoms with Crippen LogP contribution in [0.15, 0.2) is 36.4 Å². The molecule has 0 bridgehead atoms. The first kappa shape index (κ1) is 32.1. The molecule has 3 aromatic rings. The Morgan fingerprint density at radius 3 is 2.68 bits per heavy atom. The van der Waals surface area contributed by atoms with Crippen LogP contribution in [0.1, 0.15) is 58.4 Å². The van der Waals surface area contributed by atoms with Crippen molar-refractivity contribution in [3.05, 3.63) is 47.0 Å². The number of nitrogens with one attached hydrogen (secondary N) is 2. The van der Waals surface area contributed by atoms with E-state index >= 15 is 0 Å². The minimum absolute atomic E-state index is 0.213. The maximum absolute atomic E-state index is 12.8. The van der Waals surface area contributed by atoms with Crippen LogP contribution in [0, 0.1) is 11.3 Å². The van der Waals surface area contributed by atoms with Crippen molar-refractivity contribution in [2.75, 3.05) is 30.1 Å². The number of hydrogen-bond acceptors (Lipinski definition) is 11. The Labute approximate surface area is 271 Å². The summed E-state index contributed by atoms with van der Waals surface area (Å²) in [5, 5.41) is 4.85. The Hall–Kier alpha value is -3.35. The monoisotopic (exact) mass is 657 g/mol. The van der Waals surface area contributed by atoms with E-state index < -0.39 is 0 Å². The number of carbonyl (C=O) groups is 2. The number of carbonyl (C=O) groups excluding carboxylic acids is 2. The van der Waals surface area contributed by atoms with Gasteiger partial charge in [-0.05, 0) is 66.9 Å². The van der Waals surface area contributed by atoms with Crippen LogP contribution in [0.3, 0.4) is 0 Å². The van der Waals surface area contributed by atoms with E-state index in [2.05, 4.69) is 21.9 Å². The molecule has 234 valence electrons. The second kappa shape index (κ2) is 14.2. The van der Waals surface area contributed by atoms with Crippen LogP contribution >= 0.6 is 36.0 Å². The summed E-state index contributed by atoms with van der Waals surface area (Å²) < 4.78 is 18.9.